The standard InChI is InChI=1S/C10H22N2O3S2/c1-9(16(2)13)7-12-17(14,15)8-10-3-5-11-6-4-10/h9-12H,3-8H2,1-2H3. The lowest BCUT2D eigenvalue weighted by molar-refractivity contribution is 0.400. The van der Waals surface area contributed by atoms with Crippen LogP contribution in [0.15, 0.2) is 0 Å². The quantitative estimate of drug-likeness (QED) is 0.700. The minimum Gasteiger partial charge on any atom is -0.317 e. The Labute approximate surface area is 106 Å². The van der Waals surface area contributed by atoms with Gasteiger partial charge in [0.15, 0.2) is 0 Å². The summed E-state index contributed by atoms with van der Waals surface area (Å²) >= 11 is 0. The average molecular weight is 282 g/mol. The van der Waals surface area contributed by atoms with Crippen LogP contribution in [-0.2, 0) is 20.8 Å². The number of sulfonamides is 1. The Bertz CT molecular complexity index is 351. The van der Waals surface area contributed by atoms with E-state index in [-0.39, 0.29) is 23.5 Å². The molecular weight excluding hydrogens is 260 g/mol. The molecule has 0 spiro atoms. The second-order valence-corrected chi connectivity index (χ2v) is 8.29. The number of nitrogens with one attached hydrogen (secondary N) is 2. The van der Waals surface area contributed by atoms with Crippen molar-refractivity contribution >= 4 is 20.8 Å². The third-order valence-corrected chi connectivity index (χ3v) is 5.89. The van der Waals surface area contributed by atoms with Crippen molar-refractivity contribution in [1.82, 2.24) is 10.0 Å². The summed E-state index contributed by atoms with van der Waals surface area (Å²) in [6.45, 7) is 3.84. The smallest absolute Gasteiger partial charge is 0.211 e. The summed E-state index contributed by atoms with van der Waals surface area (Å²) in [5.41, 5.74) is 0. The second kappa shape index (κ2) is 6.82. The van der Waals surface area contributed by atoms with E-state index in [1.165, 1.54) is 0 Å². The molecule has 1 heterocycles. The molecule has 0 aliphatic carbocycles. The first-order chi connectivity index (χ1) is 7.91. The predicted molar refractivity (Wildman–Crippen MR) is 70.9 cm³/mol. The maximum Gasteiger partial charge on any atom is 0.211 e. The van der Waals surface area contributed by atoms with Gasteiger partial charge >= 0.3 is 0 Å². The molecule has 2 atom stereocenters. The molecule has 7 heteroatoms. The second-order valence-electron chi connectivity index (χ2n) is 4.63. The van der Waals surface area contributed by atoms with Crippen LogP contribution in [0.3, 0.4) is 0 Å². The van der Waals surface area contributed by atoms with Gasteiger partial charge in [-0.2, -0.15) is 0 Å². The van der Waals surface area contributed by atoms with Crippen LogP contribution in [-0.4, -0.2) is 49.5 Å². The molecule has 0 aromatic rings. The summed E-state index contributed by atoms with van der Waals surface area (Å²) < 4.78 is 37.3. The van der Waals surface area contributed by atoms with Gasteiger partial charge in [0.1, 0.15) is 0 Å². The van der Waals surface area contributed by atoms with Gasteiger partial charge in [0, 0.05) is 28.9 Å². The van der Waals surface area contributed by atoms with Crippen molar-refractivity contribution in [1.29, 1.82) is 0 Å². The first-order valence-corrected chi connectivity index (χ1v) is 9.18. The van der Waals surface area contributed by atoms with Crippen LogP contribution in [0, 0.1) is 5.92 Å². The lowest BCUT2D eigenvalue weighted by Gasteiger charge is -2.22. The summed E-state index contributed by atoms with van der Waals surface area (Å²) in [6.07, 6.45) is 3.41. The van der Waals surface area contributed by atoms with Gasteiger partial charge in [0.2, 0.25) is 10.0 Å². The van der Waals surface area contributed by atoms with E-state index in [0.29, 0.717) is 0 Å². The normalized spacial score (nSPS) is 22.2. The highest BCUT2D eigenvalue weighted by Gasteiger charge is 2.21. The van der Waals surface area contributed by atoms with E-state index in [9.17, 15) is 12.6 Å². The fourth-order valence-corrected chi connectivity index (χ4v) is 3.78. The number of piperidine rings is 1. The Morgan fingerprint density at radius 2 is 2.00 bits per heavy atom. The monoisotopic (exact) mass is 282 g/mol. The van der Waals surface area contributed by atoms with Crippen LogP contribution in [0.5, 0.6) is 0 Å². The van der Waals surface area contributed by atoms with Gasteiger partial charge in [-0.05, 0) is 38.8 Å². The van der Waals surface area contributed by atoms with E-state index in [4.69, 9.17) is 0 Å². The molecule has 1 fully saturated rings. The van der Waals surface area contributed by atoms with E-state index in [0.717, 1.165) is 25.9 Å². The maximum atomic E-state index is 11.8. The lowest BCUT2D eigenvalue weighted by atomic mass is 10.0. The molecule has 5 nitrogen and oxygen atoms in total. The van der Waals surface area contributed by atoms with Gasteiger partial charge in [-0.3, -0.25) is 4.21 Å². The molecule has 0 aromatic carbocycles. The zero-order chi connectivity index (χ0) is 12.9. The maximum absolute atomic E-state index is 11.8. The Morgan fingerprint density at radius 1 is 1.41 bits per heavy atom. The van der Waals surface area contributed by atoms with Crippen molar-refractivity contribution in [2.45, 2.75) is 25.0 Å². The minimum atomic E-state index is -3.22. The predicted octanol–water partition coefficient (Wildman–Crippen LogP) is -0.328. The van der Waals surface area contributed by atoms with E-state index < -0.39 is 20.8 Å². The van der Waals surface area contributed by atoms with E-state index in [1.54, 1.807) is 13.2 Å². The van der Waals surface area contributed by atoms with Crippen LogP contribution < -0.4 is 10.0 Å². The van der Waals surface area contributed by atoms with Crippen molar-refractivity contribution in [3.8, 4) is 0 Å². The Balaban J connectivity index is 2.37. The van der Waals surface area contributed by atoms with Crippen LogP contribution in [0.25, 0.3) is 0 Å². The van der Waals surface area contributed by atoms with Crippen LogP contribution in [0.4, 0.5) is 0 Å². The third kappa shape index (κ3) is 5.94. The van der Waals surface area contributed by atoms with Gasteiger partial charge in [-0.1, -0.05) is 0 Å². The van der Waals surface area contributed by atoms with Gasteiger partial charge in [-0.25, -0.2) is 13.1 Å². The van der Waals surface area contributed by atoms with Crippen molar-refractivity contribution in [3.05, 3.63) is 0 Å². The summed E-state index contributed by atoms with van der Waals surface area (Å²) in [4.78, 5) is 0. The van der Waals surface area contributed by atoms with Crippen LogP contribution in [0.2, 0.25) is 0 Å². The molecule has 0 amide bonds. The van der Waals surface area contributed by atoms with Crippen LogP contribution >= 0.6 is 0 Å². The molecule has 1 saturated heterocycles. The molecule has 1 aliphatic heterocycles. The average Bonchev–Trinajstić information content (AvgIpc) is 2.26. The van der Waals surface area contributed by atoms with E-state index in [2.05, 4.69) is 10.0 Å². The number of hydrogen-bond donors (Lipinski definition) is 2. The van der Waals surface area contributed by atoms with E-state index in [1.807, 2.05) is 0 Å². The van der Waals surface area contributed by atoms with Crippen LogP contribution in [0.1, 0.15) is 19.8 Å². The molecule has 0 radical (unpaired) electrons. The highest BCUT2D eigenvalue weighted by molar-refractivity contribution is 7.89. The molecule has 102 valence electrons. The summed E-state index contributed by atoms with van der Waals surface area (Å²) in [7, 11) is -4.21. The molecule has 1 aliphatic rings. The molecular formula is C10H22N2O3S2. The Hall–Kier alpha value is 0.0200. The summed E-state index contributed by atoms with van der Waals surface area (Å²) in [5.74, 6) is 0.439. The highest BCUT2D eigenvalue weighted by atomic mass is 32.2. The van der Waals surface area contributed by atoms with Crippen molar-refractivity contribution in [2.24, 2.45) is 5.92 Å². The topological polar surface area (TPSA) is 75.3 Å². The van der Waals surface area contributed by atoms with Crippen molar-refractivity contribution in [3.63, 3.8) is 0 Å². The fourth-order valence-electron chi connectivity index (χ4n) is 1.78. The molecule has 2 unspecified atom stereocenters. The van der Waals surface area contributed by atoms with Crippen molar-refractivity contribution < 1.29 is 12.6 Å². The minimum absolute atomic E-state index is 0.141. The Kier molecular flexibility index (Phi) is 6.05. The molecule has 0 bridgehead atoms. The molecule has 0 saturated carbocycles. The zero-order valence-corrected chi connectivity index (χ0v) is 12.1. The zero-order valence-electron chi connectivity index (χ0n) is 10.4. The summed E-state index contributed by atoms with van der Waals surface area (Å²) in [6, 6.07) is 0. The summed E-state index contributed by atoms with van der Waals surface area (Å²) in [5, 5.41) is 3.07. The largest absolute Gasteiger partial charge is 0.317 e. The third-order valence-electron chi connectivity index (χ3n) is 3.07. The fraction of sp³-hybridized carbons (Fsp3) is 1.00. The highest BCUT2D eigenvalue weighted by Crippen LogP contribution is 2.13. The van der Waals surface area contributed by atoms with Gasteiger partial charge < -0.3 is 5.32 Å². The SMILES string of the molecule is CC(CNS(=O)(=O)CC1CCNCC1)S(C)=O. The van der Waals surface area contributed by atoms with Gasteiger partial charge in [-0.15, -0.1) is 0 Å². The molecule has 1 rings (SSSR count). The van der Waals surface area contributed by atoms with Gasteiger partial charge in [0.25, 0.3) is 0 Å². The number of rotatable bonds is 6. The first kappa shape index (κ1) is 15.1. The Morgan fingerprint density at radius 3 is 2.53 bits per heavy atom. The van der Waals surface area contributed by atoms with E-state index >= 15 is 0 Å². The number of hydrogen-bond acceptors (Lipinski definition) is 4. The molecule has 0 aromatic heterocycles. The van der Waals surface area contributed by atoms with Crippen molar-refractivity contribution in [2.75, 3.05) is 31.6 Å². The molecule has 2 N–H and O–H groups in total. The first-order valence-electron chi connectivity index (χ1n) is 5.91. The lowest BCUT2D eigenvalue weighted by Crippen LogP contribution is -2.38. The molecule has 17 heavy (non-hydrogen) atoms. The van der Waals surface area contributed by atoms with Gasteiger partial charge in [0.05, 0.1) is 5.75 Å².